The fourth-order valence-electron chi connectivity index (χ4n) is 3.40. The standard InChI is InChI=1S/C21H34O2.Sn.2H/c1-5-8-15-21(16-9-6-2,17-10-7-3)19-11-13-20(14-12-19)23-18(4)22;;;/h11-14H,5-10,15-17H2,1-4H3;;;. The second-order valence-electron chi connectivity index (χ2n) is 6.71. The molecular formula is C21H36O2Sn. The Balaban J connectivity index is 0.00000529. The van der Waals surface area contributed by atoms with E-state index in [4.69, 9.17) is 4.74 Å². The van der Waals surface area contributed by atoms with Crippen LogP contribution in [0.3, 0.4) is 0 Å². The zero-order valence-corrected chi connectivity index (χ0v) is 20.2. The van der Waals surface area contributed by atoms with Crippen LogP contribution in [0.2, 0.25) is 0 Å². The van der Waals surface area contributed by atoms with Gasteiger partial charge < -0.3 is 4.74 Å². The number of benzene rings is 1. The Morgan fingerprint density at radius 1 is 0.875 bits per heavy atom. The van der Waals surface area contributed by atoms with E-state index in [2.05, 4.69) is 32.9 Å². The Labute approximate surface area is 165 Å². The molecule has 136 valence electrons. The maximum absolute atomic E-state index is 11.1. The third kappa shape index (κ3) is 7.58. The molecule has 2 nitrogen and oxygen atoms in total. The second-order valence-corrected chi connectivity index (χ2v) is 6.71. The molecule has 0 amide bonds. The number of unbranched alkanes of at least 4 members (excludes halogenated alkanes) is 3. The van der Waals surface area contributed by atoms with Gasteiger partial charge in [0, 0.05) is 6.92 Å². The summed E-state index contributed by atoms with van der Waals surface area (Å²) < 4.78 is 5.19. The van der Waals surface area contributed by atoms with Gasteiger partial charge in [0.1, 0.15) is 5.75 Å². The second kappa shape index (κ2) is 12.8. The molecular weight excluding hydrogens is 403 g/mol. The summed E-state index contributed by atoms with van der Waals surface area (Å²) >= 11 is 0. The number of carbonyl (C=O) groups excluding carboxylic acids is 1. The summed E-state index contributed by atoms with van der Waals surface area (Å²) in [7, 11) is 0. The first kappa shape index (κ1) is 23.5. The predicted octanol–water partition coefficient (Wildman–Crippen LogP) is 5.50. The van der Waals surface area contributed by atoms with Gasteiger partial charge in [0.05, 0.1) is 0 Å². The molecule has 0 saturated carbocycles. The van der Waals surface area contributed by atoms with Crippen LogP contribution in [0.1, 0.15) is 91.0 Å². The van der Waals surface area contributed by atoms with Gasteiger partial charge in [-0.15, -0.1) is 0 Å². The Kier molecular flexibility index (Phi) is 12.5. The van der Waals surface area contributed by atoms with Crippen LogP contribution in [0.4, 0.5) is 0 Å². The zero-order valence-electron chi connectivity index (χ0n) is 16.2. The van der Waals surface area contributed by atoms with Crippen LogP contribution in [0, 0.1) is 0 Å². The van der Waals surface area contributed by atoms with Gasteiger partial charge in [0.25, 0.3) is 0 Å². The molecule has 3 heteroatoms. The van der Waals surface area contributed by atoms with E-state index in [9.17, 15) is 4.79 Å². The van der Waals surface area contributed by atoms with Crippen molar-refractivity contribution in [3.8, 4) is 5.75 Å². The number of carbonyl (C=O) groups is 1. The molecule has 0 bridgehead atoms. The number of rotatable bonds is 11. The van der Waals surface area contributed by atoms with Crippen LogP contribution in [-0.2, 0) is 10.2 Å². The molecule has 0 unspecified atom stereocenters. The van der Waals surface area contributed by atoms with E-state index in [1.807, 2.05) is 12.1 Å². The Bertz CT molecular complexity index is 432. The molecule has 0 N–H and O–H groups in total. The first-order valence-electron chi connectivity index (χ1n) is 9.37. The van der Waals surface area contributed by atoms with Crippen molar-refractivity contribution in [3.63, 3.8) is 0 Å². The van der Waals surface area contributed by atoms with Gasteiger partial charge in [0.2, 0.25) is 0 Å². The molecule has 0 saturated heterocycles. The van der Waals surface area contributed by atoms with Crippen molar-refractivity contribution in [2.45, 2.75) is 90.9 Å². The molecule has 0 heterocycles. The van der Waals surface area contributed by atoms with Crippen LogP contribution in [0.5, 0.6) is 5.75 Å². The van der Waals surface area contributed by atoms with Gasteiger partial charge in [-0.1, -0.05) is 71.4 Å². The minimum atomic E-state index is -0.257. The first-order valence-corrected chi connectivity index (χ1v) is 9.37. The van der Waals surface area contributed by atoms with Crippen molar-refractivity contribution in [3.05, 3.63) is 29.8 Å². The topological polar surface area (TPSA) is 26.3 Å². The molecule has 0 fully saturated rings. The van der Waals surface area contributed by atoms with Crippen LogP contribution >= 0.6 is 0 Å². The Morgan fingerprint density at radius 3 is 1.62 bits per heavy atom. The van der Waals surface area contributed by atoms with E-state index in [-0.39, 0.29) is 35.3 Å². The van der Waals surface area contributed by atoms with Crippen LogP contribution < -0.4 is 4.74 Å². The molecule has 0 spiro atoms. The molecule has 24 heavy (non-hydrogen) atoms. The summed E-state index contributed by atoms with van der Waals surface area (Å²) in [4.78, 5) is 11.1. The van der Waals surface area contributed by atoms with E-state index < -0.39 is 0 Å². The number of esters is 1. The summed E-state index contributed by atoms with van der Waals surface area (Å²) in [5, 5.41) is 0. The molecule has 0 aliphatic rings. The van der Waals surface area contributed by atoms with Crippen molar-refractivity contribution in [2.24, 2.45) is 0 Å². The fourth-order valence-corrected chi connectivity index (χ4v) is 3.40. The average Bonchev–Trinajstić information content (AvgIpc) is 2.55. The van der Waals surface area contributed by atoms with Gasteiger partial charge in [-0.3, -0.25) is 4.79 Å². The van der Waals surface area contributed by atoms with Gasteiger partial charge >= 0.3 is 29.9 Å². The Hall–Kier alpha value is -0.511. The summed E-state index contributed by atoms with van der Waals surface area (Å²) in [5.41, 5.74) is 1.71. The van der Waals surface area contributed by atoms with Gasteiger partial charge in [-0.2, -0.15) is 0 Å². The summed E-state index contributed by atoms with van der Waals surface area (Å²) in [6.45, 7) is 8.26. The molecule has 0 aliphatic heterocycles. The van der Waals surface area contributed by atoms with Crippen molar-refractivity contribution in [1.29, 1.82) is 0 Å². The first-order chi connectivity index (χ1) is 11.1. The molecule has 1 aromatic carbocycles. The van der Waals surface area contributed by atoms with Gasteiger partial charge in [-0.05, 0) is 42.4 Å². The quantitative estimate of drug-likeness (QED) is 0.259. The Morgan fingerprint density at radius 2 is 1.29 bits per heavy atom. The third-order valence-electron chi connectivity index (χ3n) is 4.75. The minimum absolute atomic E-state index is 0. The van der Waals surface area contributed by atoms with Crippen molar-refractivity contribution in [2.75, 3.05) is 0 Å². The zero-order chi connectivity index (χ0) is 17.1. The number of hydrogen-bond acceptors (Lipinski definition) is 2. The predicted molar refractivity (Wildman–Crippen MR) is 107 cm³/mol. The summed E-state index contributed by atoms with van der Waals surface area (Å²) in [6, 6.07) is 8.27. The van der Waals surface area contributed by atoms with Crippen LogP contribution in [0.15, 0.2) is 24.3 Å². The van der Waals surface area contributed by atoms with E-state index in [1.54, 1.807) is 0 Å². The summed E-state index contributed by atoms with van der Waals surface area (Å²) in [5.74, 6) is 0.392. The van der Waals surface area contributed by atoms with E-state index in [0.29, 0.717) is 5.75 Å². The van der Waals surface area contributed by atoms with Gasteiger partial charge in [0.15, 0.2) is 0 Å². The van der Waals surface area contributed by atoms with Crippen molar-refractivity contribution < 1.29 is 9.53 Å². The summed E-state index contributed by atoms with van der Waals surface area (Å²) in [6.07, 6.45) is 11.3. The molecule has 0 aromatic heterocycles. The average molecular weight is 439 g/mol. The maximum atomic E-state index is 11.1. The third-order valence-corrected chi connectivity index (χ3v) is 4.75. The van der Waals surface area contributed by atoms with Crippen molar-refractivity contribution in [1.82, 2.24) is 0 Å². The normalized spacial score (nSPS) is 11.0. The van der Waals surface area contributed by atoms with Crippen LogP contribution in [-0.4, -0.2) is 29.9 Å². The molecule has 0 atom stereocenters. The van der Waals surface area contributed by atoms with Crippen molar-refractivity contribution >= 4 is 29.9 Å². The van der Waals surface area contributed by atoms with Gasteiger partial charge in [-0.25, -0.2) is 0 Å². The van der Waals surface area contributed by atoms with E-state index >= 15 is 0 Å². The number of ether oxygens (including phenoxy) is 1. The SMILES string of the molecule is CCCCC(CCCC)(CCCC)c1ccc(OC(C)=O)cc1.[SnH2]. The fraction of sp³-hybridized carbons (Fsp3) is 0.667. The molecule has 2 radical (unpaired) electrons. The van der Waals surface area contributed by atoms with E-state index in [1.165, 1.54) is 70.3 Å². The molecule has 1 rings (SSSR count). The molecule has 1 aromatic rings. The van der Waals surface area contributed by atoms with Crippen LogP contribution in [0.25, 0.3) is 0 Å². The number of hydrogen-bond donors (Lipinski definition) is 0. The van der Waals surface area contributed by atoms with E-state index in [0.717, 1.165) is 0 Å². The molecule has 0 aliphatic carbocycles. The monoisotopic (exact) mass is 440 g/mol.